The van der Waals surface area contributed by atoms with Gasteiger partial charge in [-0.2, -0.15) is 10.1 Å². The highest BCUT2D eigenvalue weighted by Gasteiger charge is 2.30. The standard InChI is InChI=1S/C15H13FN4S/c16-11-5-3-10(4-6-11)12-8-13(14-2-1-7-21-14)20-15(19-12)17-9-18-20/h1-7,9,12-13H,8H2,(H,17,18,19). The van der Waals surface area contributed by atoms with Crippen LogP contribution in [-0.4, -0.2) is 14.8 Å². The molecular formula is C15H13FN4S. The number of hydrogen-bond donors (Lipinski definition) is 1. The molecule has 106 valence electrons. The van der Waals surface area contributed by atoms with Crippen LogP contribution in [0.5, 0.6) is 0 Å². The van der Waals surface area contributed by atoms with Gasteiger partial charge in [0.1, 0.15) is 12.1 Å². The SMILES string of the molecule is Fc1ccc(C2CC(c3cccs3)n3ncnc3N2)cc1. The number of rotatable bonds is 2. The van der Waals surface area contributed by atoms with Crippen molar-refractivity contribution in [2.24, 2.45) is 0 Å². The van der Waals surface area contributed by atoms with E-state index in [1.165, 1.54) is 17.0 Å². The lowest BCUT2D eigenvalue weighted by atomic mass is 9.97. The van der Waals surface area contributed by atoms with E-state index in [4.69, 9.17) is 0 Å². The fraction of sp³-hybridized carbons (Fsp3) is 0.200. The van der Waals surface area contributed by atoms with Gasteiger partial charge in [-0.25, -0.2) is 9.07 Å². The monoisotopic (exact) mass is 300 g/mol. The highest BCUT2D eigenvalue weighted by Crippen LogP contribution is 2.38. The Morgan fingerprint density at radius 3 is 2.86 bits per heavy atom. The lowest BCUT2D eigenvalue weighted by Crippen LogP contribution is -2.27. The van der Waals surface area contributed by atoms with E-state index in [-0.39, 0.29) is 17.9 Å². The van der Waals surface area contributed by atoms with Crippen molar-refractivity contribution < 1.29 is 4.39 Å². The molecule has 0 saturated carbocycles. The maximum Gasteiger partial charge on any atom is 0.222 e. The van der Waals surface area contributed by atoms with Crippen LogP contribution >= 0.6 is 11.3 Å². The molecule has 21 heavy (non-hydrogen) atoms. The number of nitrogens with one attached hydrogen (secondary N) is 1. The van der Waals surface area contributed by atoms with Gasteiger partial charge in [0.25, 0.3) is 0 Å². The smallest absolute Gasteiger partial charge is 0.222 e. The van der Waals surface area contributed by atoms with Crippen LogP contribution in [0, 0.1) is 5.82 Å². The molecule has 0 bridgehead atoms. The van der Waals surface area contributed by atoms with Gasteiger partial charge in [0.2, 0.25) is 5.95 Å². The van der Waals surface area contributed by atoms with Gasteiger partial charge in [-0.15, -0.1) is 11.3 Å². The maximum absolute atomic E-state index is 13.1. The van der Waals surface area contributed by atoms with Gasteiger partial charge in [0.15, 0.2) is 0 Å². The van der Waals surface area contributed by atoms with Gasteiger partial charge < -0.3 is 5.32 Å². The Balaban J connectivity index is 1.72. The van der Waals surface area contributed by atoms with E-state index in [0.717, 1.165) is 17.9 Å². The Bertz CT molecular complexity index is 735. The van der Waals surface area contributed by atoms with Crippen LogP contribution in [0.3, 0.4) is 0 Å². The van der Waals surface area contributed by atoms with E-state index in [1.807, 2.05) is 22.9 Å². The van der Waals surface area contributed by atoms with Gasteiger partial charge in [0.05, 0.1) is 12.1 Å². The second-order valence-corrected chi connectivity index (χ2v) is 6.02. The Morgan fingerprint density at radius 2 is 2.10 bits per heavy atom. The summed E-state index contributed by atoms with van der Waals surface area (Å²) in [4.78, 5) is 5.54. The summed E-state index contributed by atoms with van der Waals surface area (Å²) in [7, 11) is 0. The minimum Gasteiger partial charge on any atom is -0.348 e. The summed E-state index contributed by atoms with van der Waals surface area (Å²) in [5.74, 6) is 0.543. The molecule has 4 rings (SSSR count). The third-order valence-electron chi connectivity index (χ3n) is 3.77. The summed E-state index contributed by atoms with van der Waals surface area (Å²) in [6.07, 6.45) is 2.43. The van der Waals surface area contributed by atoms with Crippen molar-refractivity contribution in [2.45, 2.75) is 18.5 Å². The molecule has 1 N–H and O–H groups in total. The molecular weight excluding hydrogens is 287 g/mol. The number of aromatic nitrogens is 3. The average Bonchev–Trinajstić information content (AvgIpc) is 3.18. The summed E-state index contributed by atoms with van der Waals surface area (Å²) in [6.45, 7) is 0. The summed E-state index contributed by atoms with van der Waals surface area (Å²) < 4.78 is 15.0. The third kappa shape index (κ3) is 2.21. The van der Waals surface area contributed by atoms with Crippen LogP contribution in [0.15, 0.2) is 48.1 Å². The largest absolute Gasteiger partial charge is 0.348 e. The van der Waals surface area contributed by atoms with Crippen molar-refractivity contribution in [3.8, 4) is 0 Å². The molecule has 0 spiro atoms. The minimum atomic E-state index is -0.215. The van der Waals surface area contributed by atoms with E-state index < -0.39 is 0 Å². The Labute approximate surface area is 125 Å². The lowest BCUT2D eigenvalue weighted by molar-refractivity contribution is 0.436. The Kier molecular flexibility index (Phi) is 2.96. The Morgan fingerprint density at radius 1 is 1.24 bits per heavy atom. The second-order valence-electron chi connectivity index (χ2n) is 5.04. The molecule has 0 fully saturated rings. The first-order chi connectivity index (χ1) is 10.3. The lowest BCUT2D eigenvalue weighted by Gasteiger charge is -2.31. The van der Waals surface area contributed by atoms with Crippen LogP contribution in [0.25, 0.3) is 0 Å². The van der Waals surface area contributed by atoms with Gasteiger partial charge in [0, 0.05) is 4.88 Å². The van der Waals surface area contributed by atoms with Crippen molar-refractivity contribution >= 4 is 17.3 Å². The first kappa shape index (κ1) is 12.5. The molecule has 0 radical (unpaired) electrons. The van der Waals surface area contributed by atoms with E-state index in [2.05, 4.69) is 26.8 Å². The van der Waals surface area contributed by atoms with Crippen LogP contribution in [0.2, 0.25) is 0 Å². The van der Waals surface area contributed by atoms with E-state index in [1.54, 1.807) is 17.7 Å². The van der Waals surface area contributed by atoms with Crippen molar-refractivity contribution in [1.82, 2.24) is 14.8 Å². The van der Waals surface area contributed by atoms with Gasteiger partial charge in [-0.3, -0.25) is 0 Å². The predicted octanol–water partition coefficient (Wildman–Crippen LogP) is 3.63. The van der Waals surface area contributed by atoms with Gasteiger partial charge in [-0.05, 0) is 35.6 Å². The van der Waals surface area contributed by atoms with E-state index in [0.29, 0.717) is 0 Å². The normalized spacial score (nSPS) is 20.8. The van der Waals surface area contributed by atoms with E-state index >= 15 is 0 Å². The van der Waals surface area contributed by atoms with Crippen LogP contribution < -0.4 is 5.32 Å². The van der Waals surface area contributed by atoms with Gasteiger partial charge >= 0.3 is 0 Å². The van der Waals surface area contributed by atoms with E-state index in [9.17, 15) is 4.39 Å². The summed E-state index contributed by atoms with van der Waals surface area (Å²) >= 11 is 1.72. The molecule has 2 unspecified atom stereocenters. The highest BCUT2D eigenvalue weighted by atomic mass is 32.1. The molecule has 0 amide bonds. The van der Waals surface area contributed by atoms with Gasteiger partial charge in [-0.1, -0.05) is 18.2 Å². The third-order valence-corrected chi connectivity index (χ3v) is 4.75. The number of anilines is 1. The molecule has 4 nitrogen and oxygen atoms in total. The fourth-order valence-corrected chi connectivity index (χ4v) is 3.58. The fourth-order valence-electron chi connectivity index (χ4n) is 2.75. The molecule has 2 atom stereocenters. The molecule has 1 aromatic carbocycles. The molecule has 1 aliphatic rings. The molecule has 3 aromatic rings. The second kappa shape index (κ2) is 4.96. The zero-order chi connectivity index (χ0) is 14.2. The summed E-state index contributed by atoms with van der Waals surface area (Å²) in [6, 6.07) is 11.1. The van der Waals surface area contributed by atoms with Crippen molar-refractivity contribution in [1.29, 1.82) is 0 Å². The molecule has 0 saturated heterocycles. The molecule has 3 heterocycles. The van der Waals surface area contributed by atoms with Crippen molar-refractivity contribution in [2.75, 3.05) is 5.32 Å². The summed E-state index contributed by atoms with van der Waals surface area (Å²) in [5, 5.41) is 9.77. The van der Waals surface area contributed by atoms with Crippen LogP contribution in [0.4, 0.5) is 10.3 Å². The molecule has 2 aromatic heterocycles. The number of fused-ring (bicyclic) bond motifs is 1. The number of thiophene rings is 1. The maximum atomic E-state index is 13.1. The Hall–Kier alpha value is -2.21. The zero-order valence-electron chi connectivity index (χ0n) is 11.1. The molecule has 1 aliphatic heterocycles. The average molecular weight is 300 g/mol. The number of nitrogens with zero attached hydrogens (tertiary/aromatic N) is 3. The summed E-state index contributed by atoms with van der Waals surface area (Å²) in [5.41, 5.74) is 1.06. The van der Waals surface area contributed by atoms with Crippen LogP contribution in [-0.2, 0) is 0 Å². The zero-order valence-corrected chi connectivity index (χ0v) is 11.9. The minimum absolute atomic E-state index is 0.106. The molecule has 6 heteroatoms. The van der Waals surface area contributed by atoms with Crippen LogP contribution in [0.1, 0.15) is 28.9 Å². The molecule has 0 aliphatic carbocycles. The quantitative estimate of drug-likeness (QED) is 0.786. The topological polar surface area (TPSA) is 42.7 Å². The van der Waals surface area contributed by atoms with Crippen molar-refractivity contribution in [3.05, 3.63) is 64.4 Å². The first-order valence-corrected chi connectivity index (χ1v) is 7.64. The number of benzene rings is 1. The highest BCUT2D eigenvalue weighted by molar-refractivity contribution is 7.10. The number of halogens is 1. The predicted molar refractivity (Wildman–Crippen MR) is 79.9 cm³/mol. The number of hydrogen-bond acceptors (Lipinski definition) is 4. The van der Waals surface area contributed by atoms with Crippen molar-refractivity contribution in [3.63, 3.8) is 0 Å². The first-order valence-electron chi connectivity index (χ1n) is 6.76.